The van der Waals surface area contributed by atoms with Crippen LogP contribution >= 0.6 is 0 Å². The van der Waals surface area contributed by atoms with Gasteiger partial charge in [-0.1, -0.05) is 38.7 Å². The second-order valence-electron chi connectivity index (χ2n) is 4.03. The maximum Gasteiger partial charge on any atom is 0.333 e. The van der Waals surface area contributed by atoms with Crippen LogP contribution < -0.4 is 0 Å². The Balaban J connectivity index is 3.79. The van der Waals surface area contributed by atoms with Gasteiger partial charge in [0.25, 0.3) is 0 Å². The summed E-state index contributed by atoms with van der Waals surface area (Å²) in [5.74, 6) is -0.131. The predicted molar refractivity (Wildman–Crippen MR) is 63.8 cm³/mol. The molecule has 0 aromatic heterocycles. The van der Waals surface area contributed by atoms with E-state index in [9.17, 15) is 4.79 Å². The standard InChI is InChI=1S/C13H24O2/c1-5-7-8-9-10-15-13(14)12(6-2)11(3)4/h5-10H2,1-4H3. The summed E-state index contributed by atoms with van der Waals surface area (Å²) in [6.07, 6.45) is 5.33. The first-order valence-corrected chi connectivity index (χ1v) is 5.96. The van der Waals surface area contributed by atoms with Crippen LogP contribution in [0.3, 0.4) is 0 Å². The van der Waals surface area contributed by atoms with Crippen molar-refractivity contribution in [3.8, 4) is 0 Å². The van der Waals surface area contributed by atoms with Gasteiger partial charge in [0.05, 0.1) is 6.61 Å². The molecule has 15 heavy (non-hydrogen) atoms. The number of hydrogen-bond acceptors (Lipinski definition) is 2. The SMILES string of the molecule is CCCCCCOC(=O)C(CC)=C(C)C. The van der Waals surface area contributed by atoms with Gasteiger partial charge in [0, 0.05) is 5.57 Å². The molecule has 0 atom stereocenters. The van der Waals surface area contributed by atoms with Crippen LogP contribution in [0.2, 0.25) is 0 Å². The van der Waals surface area contributed by atoms with Crippen LogP contribution in [0.25, 0.3) is 0 Å². The lowest BCUT2D eigenvalue weighted by Gasteiger charge is -2.08. The minimum Gasteiger partial charge on any atom is -0.462 e. The number of carbonyl (C=O) groups is 1. The largest absolute Gasteiger partial charge is 0.462 e. The highest BCUT2D eigenvalue weighted by Gasteiger charge is 2.09. The third kappa shape index (κ3) is 6.32. The van der Waals surface area contributed by atoms with Gasteiger partial charge >= 0.3 is 5.97 Å². The van der Waals surface area contributed by atoms with Crippen molar-refractivity contribution >= 4 is 5.97 Å². The van der Waals surface area contributed by atoms with E-state index in [0.717, 1.165) is 30.4 Å². The van der Waals surface area contributed by atoms with Crippen molar-refractivity contribution in [2.24, 2.45) is 0 Å². The third-order valence-corrected chi connectivity index (χ3v) is 2.43. The zero-order valence-corrected chi connectivity index (χ0v) is 10.6. The van der Waals surface area contributed by atoms with Gasteiger partial charge in [-0.05, 0) is 26.7 Å². The lowest BCUT2D eigenvalue weighted by Crippen LogP contribution is -2.09. The summed E-state index contributed by atoms with van der Waals surface area (Å²) in [6.45, 7) is 8.63. The average molecular weight is 212 g/mol. The lowest BCUT2D eigenvalue weighted by molar-refractivity contribution is -0.139. The maximum atomic E-state index is 11.6. The molecule has 0 aliphatic carbocycles. The van der Waals surface area contributed by atoms with Crippen LogP contribution in [0.5, 0.6) is 0 Å². The summed E-state index contributed by atoms with van der Waals surface area (Å²) in [4.78, 5) is 11.6. The lowest BCUT2D eigenvalue weighted by atomic mass is 10.1. The fourth-order valence-corrected chi connectivity index (χ4v) is 1.48. The van der Waals surface area contributed by atoms with Crippen molar-refractivity contribution in [1.82, 2.24) is 0 Å². The van der Waals surface area contributed by atoms with Crippen LogP contribution in [0.15, 0.2) is 11.1 Å². The van der Waals surface area contributed by atoms with Crippen LogP contribution in [-0.4, -0.2) is 12.6 Å². The number of ether oxygens (including phenoxy) is 1. The smallest absolute Gasteiger partial charge is 0.333 e. The monoisotopic (exact) mass is 212 g/mol. The predicted octanol–water partition coefficient (Wildman–Crippen LogP) is 3.86. The van der Waals surface area contributed by atoms with Crippen molar-refractivity contribution in [1.29, 1.82) is 0 Å². The molecular weight excluding hydrogens is 188 g/mol. The summed E-state index contributed by atoms with van der Waals surface area (Å²) in [5, 5.41) is 0. The van der Waals surface area contributed by atoms with Crippen molar-refractivity contribution in [2.45, 2.75) is 59.8 Å². The van der Waals surface area contributed by atoms with Gasteiger partial charge in [0.15, 0.2) is 0 Å². The van der Waals surface area contributed by atoms with Gasteiger partial charge in [-0.2, -0.15) is 0 Å². The van der Waals surface area contributed by atoms with E-state index < -0.39 is 0 Å². The Hall–Kier alpha value is -0.790. The first-order valence-electron chi connectivity index (χ1n) is 5.96. The first kappa shape index (κ1) is 14.2. The molecule has 0 rings (SSSR count). The molecule has 0 aliphatic heterocycles. The van der Waals surface area contributed by atoms with Crippen LogP contribution in [0, 0.1) is 0 Å². The van der Waals surface area contributed by atoms with Crippen LogP contribution in [-0.2, 0) is 9.53 Å². The fourth-order valence-electron chi connectivity index (χ4n) is 1.48. The number of hydrogen-bond donors (Lipinski definition) is 0. The van der Waals surface area contributed by atoms with E-state index >= 15 is 0 Å². The minimum atomic E-state index is -0.131. The first-order chi connectivity index (χ1) is 7.13. The van der Waals surface area contributed by atoms with E-state index in [1.807, 2.05) is 20.8 Å². The van der Waals surface area contributed by atoms with Crippen molar-refractivity contribution in [3.63, 3.8) is 0 Å². The van der Waals surface area contributed by atoms with E-state index in [1.54, 1.807) is 0 Å². The highest BCUT2D eigenvalue weighted by Crippen LogP contribution is 2.10. The molecule has 0 radical (unpaired) electrons. The molecule has 0 saturated heterocycles. The normalized spacial score (nSPS) is 9.87. The number of allylic oxidation sites excluding steroid dienone is 1. The molecule has 0 unspecified atom stereocenters. The molecule has 0 aromatic rings. The van der Waals surface area contributed by atoms with Gasteiger partial charge in [-0.15, -0.1) is 0 Å². The molecule has 0 aliphatic rings. The van der Waals surface area contributed by atoms with E-state index in [4.69, 9.17) is 4.74 Å². The van der Waals surface area contributed by atoms with Crippen molar-refractivity contribution in [3.05, 3.63) is 11.1 Å². The molecule has 0 aromatic carbocycles. The Morgan fingerprint density at radius 2 is 1.73 bits per heavy atom. The second-order valence-corrected chi connectivity index (χ2v) is 4.03. The number of esters is 1. The summed E-state index contributed by atoms with van der Waals surface area (Å²) in [7, 11) is 0. The molecule has 0 N–H and O–H groups in total. The Morgan fingerprint density at radius 3 is 2.20 bits per heavy atom. The van der Waals surface area contributed by atoms with Crippen LogP contribution in [0.1, 0.15) is 59.8 Å². The van der Waals surface area contributed by atoms with Gasteiger partial charge in [-0.3, -0.25) is 0 Å². The fraction of sp³-hybridized carbons (Fsp3) is 0.769. The quantitative estimate of drug-likeness (QED) is 0.364. The molecule has 0 saturated carbocycles. The van der Waals surface area contributed by atoms with E-state index in [1.165, 1.54) is 12.8 Å². The molecule has 0 spiro atoms. The van der Waals surface area contributed by atoms with E-state index in [2.05, 4.69) is 6.92 Å². The highest BCUT2D eigenvalue weighted by molar-refractivity contribution is 5.89. The molecular formula is C13H24O2. The molecule has 88 valence electrons. The molecule has 0 bridgehead atoms. The number of unbranched alkanes of at least 4 members (excludes halogenated alkanes) is 3. The van der Waals surface area contributed by atoms with E-state index in [-0.39, 0.29) is 5.97 Å². The van der Waals surface area contributed by atoms with Gasteiger partial charge in [0.1, 0.15) is 0 Å². The minimum absolute atomic E-state index is 0.131. The van der Waals surface area contributed by atoms with Crippen molar-refractivity contribution in [2.75, 3.05) is 6.61 Å². The van der Waals surface area contributed by atoms with Crippen molar-refractivity contribution < 1.29 is 9.53 Å². The summed E-state index contributed by atoms with van der Waals surface area (Å²) in [5.41, 5.74) is 1.89. The van der Waals surface area contributed by atoms with Crippen LogP contribution in [0.4, 0.5) is 0 Å². The third-order valence-electron chi connectivity index (χ3n) is 2.43. The summed E-state index contributed by atoms with van der Waals surface area (Å²) < 4.78 is 5.21. The zero-order valence-electron chi connectivity index (χ0n) is 10.6. The van der Waals surface area contributed by atoms with E-state index in [0.29, 0.717) is 6.61 Å². The topological polar surface area (TPSA) is 26.3 Å². The molecule has 2 heteroatoms. The Kier molecular flexibility index (Phi) is 8.06. The highest BCUT2D eigenvalue weighted by atomic mass is 16.5. The summed E-state index contributed by atoms with van der Waals surface area (Å²) >= 11 is 0. The number of rotatable bonds is 7. The summed E-state index contributed by atoms with van der Waals surface area (Å²) in [6, 6.07) is 0. The number of carbonyl (C=O) groups excluding carboxylic acids is 1. The average Bonchev–Trinajstić information content (AvgIpc) is 2.18. The Morgan fingerprint density at radius 1 is 1.07 bits per heavy atom. The Bertz CT molecular complexity index is 213. The van der Waals surface area contributed by atoms with Gasteiger partial charge in [0.2, 0.25) is 0 Å². The van der Waals surface area contributed by atoms with Gasteiger partial charge in [-0.25, -0.2) is 4.79 Å². The molecule has 0 amide bonds. The molecule has 2 nitrogen and oxygen atoms in total. The Labute approximate surface area is 93.7 Å². The maximum absolute atomic E-state index is 11.6. The van der Waals surface area contributed by atoms with Gasteiger partial charge < -0.3 is 4.74 Å². The zero-order chi connectivity index (χ0) is 11.7. The second kappa shape index (κ2) is 8.51. The molecule has 0 heterocycles. The molecule has 0 fully saturated rings.